The molecule has 0 aliphatic rings. The van der Waals surface area contributed by atoms with Crippen molar-refractivity contribution in [2.75, 3.05) is 5.32 Å². The molecule has 0 atom stereocenters. The Hall–Kier alpha value is -1.55. The van der Waals surface area contributed by atoms with Crippen molar-refractivity contribution >= 4 is 17.3 Å². The molecule has 0 aliphatic heterocycles. The van der Waals surface area contributed by atoms with Crippen molar-refractivity contribution in [2.45, 2.75) is 20.4 Å². The minimum atomic E-state index is -0.419. The van der Waals surface area contributed by atoms with Crippen LogP contribution >= 0.6 is 11.6 Å². The molecule has 0 unspecified atom stereocenters. The number of rotatable bonds is 3. The van der Waals surface area contributed by atoms with Gasteiger partial charge in [-0.05, 0) is 32.0 Å². The maximum Gasteiger partial charge on any atom is 0.143 e. The molecule has 0 saturated heterocycles. The molecule has 1 aromatic carbocycles. The number of halogens is 2. The average Bonchev–Trinajstić information content (AvgIpc) is 2.61. The number of nitrogens with one attached hydrogen (secondary N) is 2. The van der Waals surface area contributed by atoms with Crippen LogP contribution in [0.4, 0.5) is 10.1 Å². The topological polar surface area (TPSA) is 40.7 Å². The first-order valence-electron chi connectivity index (χ1n) is 5.27. The fourth-order valence-corrected chi connectivity index (χ4v) is 1.75. The first-order chi connectivity index (χ1) is 8.08. The minimum absolute atomic E-state index is 0.131. The third-order valence-electron chi connectivity index (χ3n) is 2.67. The summed E-state index contributed by atoms with van der Waals surface area (Å²) in [7, 11) is 0. The van der Waals surface area contributed by atoms with E-state index in [1.165, 1.54) is 12.1 Å². The van der Waals surface area contributed by atoms with Crippen LogP contribution in [0.3, 0.4) is 0 Å². The van der Waals surface area contributed by atoms with Crippen molar-refractivity contribution in [3.8, 4) is 0 Å². The van der Waals surface area contributed by atoms with Crippen LogP contribution in [0.5, 0.6) is 0 Å². The second kappa shape index (κ2) is 4.75. The van der Waals surface area contributed by atoms with Crippen LogP contribution in [0.15, 0.2) is 18.2 Å². The molecule has 0 amide bonds. The Balaban J connectivity index is 2.10. The van der Waals surface area contributed by atoms with Crippen molar-refractivity contribution < 1.29 is 4.39 Å². The maximum absolute atomic E-state index is 13.2. The molecule has 90 valence electrons. The van der Waals surface area contributed by atoms with Crippen LogP contribution in [0, 0.1) is 19.7 Å². The standard InChI is InChI=1S/C12H13ClFN3/c1-7-10(8(2)17-16-7)6-15-9-3-4-11(13)12(14)5-9/h3-5,15H,6H2,1-2H3,(H,16,17). The number of aryl methyl sites for hydroxylation is 2. The van der Waals surface area contributed by atoms with Gasteiger partial charge in [0, 0.05) is 23.5 Å². The van der Waals surface area contributed by atoms with Crippen LogP contribution in [0.25, 0.3) is 0 Å². The van der Waals surface area contributed by atoms with Gasteiger partial charge in [0.2, 0.25) is 0 Å². The summed E-state index contributed by atoms with van der Waals surface area (Å²) < 4.78 is 13.2. The van der Waals surface area contributed by atoms with Gasteiger partial charge in [-0.15, -0.1) is 0 Å². The van der Waals surface area contributed by atoms with Gasteiger partial charge in [0.05, 0.1) is 10.7 Å². The fraction of sp³-hybridized carbons (Fsp3) is 0.250. The molecule has 2 aromatic rings. The van der Waals surface area contributed by atoms with E-state index in [1.54, 1.807) is 6.07 Å². The van der Waals surface area contributed by atoms with E-state index in [0.29, 0.717) is 12.2 Å². The molecule has 0 radical (unpaired) electrons. The third-order valence-corrected chi connectivity index (χ3v) is 2.98. The number of benzene rings is 1. The summed E-state index contributed by atoms with van der Waals surface area (Å²) in [5, 5.41) is 10.3. The molecule has 1 aromatic heterocycles. The Morgan fingerprint density at radius 2 is 2.18 bits per heavy atom. The zero-order valence-electron chi connectivity index (χ0n) is 9.64. The Labute approximate surface area is 104 Å². The van der Waals surface area contributed by atoms with Gasteiger partial charge in [0.15, 0.2) is 0 Å². The second-order valence-corrected chi connectivity index (χ2v) is 4.30. The number of hydrogen-bond donors (Lipinski definition) is 2. The summed E-state index contributed by atoms with van der Waals surface area (Å²) in [6.45, 7) is 4.50. The van der Waals surface area contributed by atoms with Crippen molar-refractivity contribution in [1.29, 1.82) is 0 Å². The number of anilines is 1. The first kappa shape index (κ1) is 11.9. The van der Waals surface area contributed by atoms with E-state index in [2.05, 4.69) is 15.5 Å². The van der Waals surface area contributed by atoms with Crippen LogP contribution in [0.1, 0.15) is 17.0 Å². The van der Waals surface area contributed by atoms with Gasteiger partial charge < -0.3 is 5.32 Å². The lowest BCUT2D eigenvalue weighted by atomic mass is 10.2. The molecule has 0 spiro atoms. The van der Waals surface area contributed by atoms with Crippen molar-refractivity contribution in [3.63, 3.8) is 0 Å². The average molecular weight is 254 g/mol. The summed E-state index contributed by atoms with van der Waals surface area (Å²) in [5.74, 6) is -0.419. The predicted molar refractivity (Wildman–Crippen MR) is 66.8 cm³/mol. The fourth-order valence-electron chi connectivity index (χ4n) is 1.63. The molecule has 0 saturated carbocycles. The summed E-state index contributed by atoms with van der Waals surface area (Å²) in [4.78, 5) is 0. The summed E-state index contributed by atoms with van der Waals surface area (Å²) in [6.07, 6.45) is 0. The molecule has 1 heterocycles. The lowest BCUT2D eigenvalue weighted by Gasteiger charge is -2.07. The molecule has 17 heavy (non-hydrogen) atoms. The van der Waals surface area contributed by atoms with Gasteiger partial charge >= 0.3 is 0 Å². The Morgan fingerprint density at radius 1 is 1.41 bits per heavy atom. The summed E-state index contributed by atoms with van der Waals surface area (Å²) >= 11 is 5.61. The van der Waals surface area contributed by atoms with Gasteiger partial charge in [-0.25, -0.2) is 4.39 Å². The Morgan fingerprint density at radius 3 is 2.76 bits per heavy atom. The van der Waals surface area contributed by atoms with Crippen LogP contribution in [-0.2, 0) is 6.54 Å². The molecule has 0 fully saturated rings. The highest BCUT2D eigenvalue weighted by atomic mass is 35.5. The van der Waals surface area contributed by atoms with E-state index < -0.39 is 5.82 Å². The third kappa shape index (κ3) is 2.58. The highest BCUT2D eigenvalue weighted by Crippen LogP contribution is 2.20. The zero-order chi connectivity index (χ0) is 12.4. The van der Waals surface area contributed by atoms with Gasteiger partial charge in [-0.3, -0.25) is 5.10 Å². The van der Waals surface area contributed by atoms with Crippen LogP contribution in [0.2, 0.25) is 5.02 Å². The minimum Gasteiger partial charge on any atom is -0.381 e. The largest absolute Gasteiger partial charge is 0.381 e. The summed E-state index contributed by atoms with van der Waals surface area (Å²) in [5.41, 5.74) is 3.76. The molecular formula is C12H13ClFN3. The van der Waals surface area contributed by atoms with Crippen molar-refractivity contribution in [1.82, 2.24) is 10.2 Å². The highest BCUT2D eigenvalue weighted by molar-refractivity contribution is 6.30. The Kier molecular flexibility index (Phi) is 3.33. The predicted octanol–water partition coefficient (Wildman–Crippen LogP) is 3.43. The second-order valence-electron chi connectivity index (χ2n) is 3.90. The molecular weight excluding hydrogens is 241 g/mol. The van der Waals surface area contributed by atoms with E-state index in [4.69, 9.17) is 11.6 Å². The number of aromatic nitrogens is 2. The number of nitrogens with zero attached hydrogens (tertiary/aromatic N) is 1. The number of aromatic amines is 1. The molecule has 5 heteroatoms. The monoisotopic (exact) mass is 253 g/mol. The number of hydrogen-bond acceptors (Lipinski definition) is 2. The quantitative estimate of drug-likeness (QED) is 0.880. The van der Waals surface area contributed by atoms with E-state index in [-0.39, 0.29) is 5.02 Å². The Bertz CT molecular complexity index is 517. The maximum atomic E-state index is 13.2. The molecule has 3 nitrogen and oxygen atoms in total. The van der Waals surface area contributed by atoms with Gasteiger partial charge in [-0.2, -0.15) is 5.10 Å². The number of H-pyrrole nitrogens is 1. The van der Waals surface area contributed by atoms with Gasteiger partial charge in [0.1, 0.15) is 5.82 Å². The van der Waals surface area contributed by atoms with Crippen molar-refractivity contribution in [2.24, 2.45) is 0 Å². The lowest BCUT2D eigenvalue weighted by Crippen LogP contribution is -2.01. The van der Waals surface area contributed by atoms with Gasteiger partial charge in [-0.1, -0.05) is 11.6 Å². The first-order valence-corrected chi connectivity index (χ1v) is 5.65. The molecule has 2 N–H and O–H groups in total. The summed E-state index contributed by atoms with van der Waals surface area (Å²) in [6, 6.07) is 4.66. The van der Waals surface area contributed by atoms with Crippen molar-refractivity contribution in [3.05, 3.63) is 46.0 Å². The van der Waals surface area contributed by atoms with Crippen LogP contribution < -0.4 is 5.32 Å². The SMILES string of the molecule is Cc1n[nH]c(C)c1CNc1ccc(Cl)c(F)c1. The molecule has 0 bridgehead atoms. The normalized spacial score (nSPS) is 10.6. The molecule has 0 aliphatic carbocycles. The lowest BCUT2D eigenvalue weighted by molar-refractivity contribution is 0.628. The van der Waals surface area contributed by atoms with E-state index in [9.17, 15) is 4.39 Å². The van der Waals surface area contributed by atoms with E-state index in [0.717, 1.165) is 17.0 Å². The molecule has 2 rings (SSSR count). The van der Waals surface area contributed by atoms with Crippen LogP contribution in [-0.4, -0.2) is 10.2 Å². The van der Waals surface area contributed by atoms with E-state index >= 15 is 0 Å². The van der Waals surface area contributed by atoms with E-state index in [1.807, 2.05) is 13.8 Å². The zero-order valence-corrected chi connectivity index (χ0v) is 10.4. The smallest absolute Gasteiger partial charge is 0.143 e. The highest BCUT2D eigenvalue weighted by Gasteiger charge is 2.06. The van der Waals surface area contributed by atoms with Gasteiger partial charge in [0.25, 0.3) is 0 Å².